The molecular formula is C57H64F3N11O5. The molecule has 9 heterocycles. The zero-order chi connectivity index (χ0) is 52.4. The summed E-state index contributed by atoms with van der Waals surface area (Å²) in [5, 5.41) is 17.8. The molecule has 0 spiro atoms. The molecule has 0 saturated carbocycles. The van der Waals surface area contributed by atoms with Gasteiger partial charge in [0.25, 0.3) is 0 Å². The van der Waals surface area contributed by atoms with Gasteiger partial charge in [-0.05, 0) is 131 Å². The third kappa shape index (κ3) is 9.61. The SMILES string of the molecule is C#Cc1c(F)ccc2cc(O)cc(-c3ncc4c(N5CC6CCC(C5)N6)nc(OCCN5CCC(F)(CC6CCN(CC7CCN(c8ccc9c(c8)n(C)c(=O)n9C8CCC(=O)NC8=O)CC7)CC6)CC5)nc4c3F)c12. The van der Waals surface area contributed by atoms with Crippen LogP contribution in [-0.2, 0) is 16.6 Å². The van der Waals surface area contributed by atoms with Crippen molar-refractivity contribution in [1.82, 2.24) is 44.5 Å². The lowest BCUT2D eigenvalue weighted by Crippen LogP contribution is -2.51. The number of imidazole rings is 1. The number of imide groups is 1. The number of fused-ring (bicyclic) bond motifs is 5. The van der Waals surface area contributed by atoms with E-state index in [9.17, 15) is 19.5 Å². The fraction of sp³-hybridized carbons (Fsp3) is 0.509. The smallest absolute Gasteiger partial charge is 0.329 e. The van der Waals surface area contributed by atoms with Crippen LogP contribution in [-0.4, -0.2) is 141 Å². The zero-order valence-corrected chi connectivity index (χ0v) is 42.9. The van der Waals surface area contributed by atoms with Crippen LogP contribution in [0, 0.1) is 35.8 Å². The molecule has 6 aromatic rings. The second kappa shape index (κ2) is 20.3. The van der Waals surface area contributed by atoms with Crippen LogP contribution in [0.5, 0.6) is 11.8 Å². The number of hydrogen-bond acceptors (Lipinski definition) is 13. The molecule has 3 atom stereocenters. The number of rotatable bonds is 12. The Kier molecular flexibility index (Phi) is 13.4. The molecule has 2 bridgehead atoms. The van der Waals surface area contributed by atoms with Crippen LogP contribution >= 0.6 is 0 Å². The molecule has 6 saturated heterocycles. The van der Waals surface area contributed by atoms with Crippen LogP contribution in [0.25, 0.3) is 44.0 Å². The minimum absolute atomic E-state index is 0.0108. The van der Waals surface area contributed by atoms with E-state index < -0.39 is 29.3 Å². The normalized spacial score (nSPS) is 23.0. The lowest BCUT2D eigenvalue weighted by Gasteiger charge is -2.41. The van der Waals surface area contributed by atoms with Gasteiger partial charge in [0, 0.05) is 101 Å². The Morgan fingerprint density at radius 3 is 2.34 bits per heavy atom. The lowest BCUT2D eigenvalue weighted by atomic mass is 9.80. The largest absolute Gasteiger partial charge is 0.508 e. The van der Waals surface area contributed by atoms with E-state index in [1.807, 2.05) is 18.2 Å². The van der Waals surface area contributed by atoms with Crippen molar-refractivity contribution in [2.75, 3.05) is 81.9 Å². The highest BCUT2D eigenvalue weighted by Gasteiger charge is 2.39. The molecule has 3 N–H and O–H groups in total. The van der Waals surface area contributed by atoms with Gasteiger partial charge in [0.2, 0.25) is 11.8 Å². The number of aryl methyl sites for hydroxylation is 1. The standard InChI is InChI=1S/C57H64F3N11O5/c1-3-41-44(58)8-4-36-26-40(72)28-42(49(36)41)51-50(59)52-43(30-61-51)53(70-32-37-5-6-38(33-70)62-37)65-55(64-52)76-25-24-67-22-16-57(60,17-23-67)29-34-12-18-68(19-13-34)31-35-14-20-69(21-15-35)39-7-9-45-47(27-39)66(2)56(75)71(45)46-10-11-48(73)63-54(46)74/h1,4,7-9,26-28,30,34-35,37-38,46,62,72H,5-6,10-25,29,31-33H2,2H3,(H,63,73,74). The number of aromatic hydroxyl groups is 1. The Labute approximate surface area is 438 Å². The number of piperazine rings is 1. The average Bonchev–Trinajstić information content (AvgIpc) is 3.95. The van der Waals surface area contributed by atoms with Crippen LogP contribution in [0.15, 0.2) is 53.5 Å². The van der Waals surface area contributed by atoms with Gasteiger partial charge in [-0.25, -0.2) is 18.0 Å². The second-order valence-corrected chi connectivity index (χ2v) is 22.3. The molecule has 76 heavy (non-hydrogen) atoms. The van der Waals surface area contributed by atoms with E-state index in [1.165, 1.54) is 35.0 Å². The van der Waals surface area contributed by atoms with E-state index in [-0.39, 0.29) is 76.2 Å². The van der Waals surface area contributed by atoms with Gasteiger partial charge in [0.15, 0.2) is 5.82 Å². The molecular weight excluding hydrogens is 976 g/mol. The van der Waals surface area contributed by atoms with E-state index in [0.29, 0.717) is 92.3 Å². The first-order chi connectivity index (χ1) is 36.8. The van der Waals surface area contributed by atoms with Crippen molar-refractivity contribution in [3.8, 4) is 35.4 Å². The monoisotopic (exact) mass is 1040 g/mol. The number of halogens is 3. The van der Waals surface area contributed by atoms with Gasteiger partial charge in [0.05, 0.1) is 22.0 Å². The van der Waals surface area contributed by atoms with Gasteiger partial charge < -0.3 is 29.9 Å². The van der Waals surface area contributed by atoms with Crippen LogP contribution in [0.2, 0.25) is 0 Å². The Balaban J connectivity index is 0.634. The number of alkyl halides is 1. The van der Waals surface area contributed by atoms with Gasteiger partial charge in [-0.1, -0.05) is 12.0 Å². The van der Waals surface area contributed by atoms with Gasteiger partial charge in [-0.15, -0.1) is 6.42 Å². The predicted octanol–water partition coefficient (Wildman–Crippen LogP) is 6.58. The van der Waals surface area contributed by atoms with E-state index in [4.69, 9.17) is 16.1 Å². The number of amides is 2. The molecule has 12 rings (SSSR count). The third-order valence-electron chi connectivity index (χ3n) is 17.5. The van der Waals surface area contributed by atoms with Crippen molar-refractivity contribution in [2.45, 2.75) is 94.4 Å². The molecule has 2 amide bonds. The number of terminal acetylenes is 1. The maximum atomic E-state index is 17.0. The lowest BCUT2D eigenvalue weighted by molar-refractivity contribution is -0.135. The highest BCUT2D eigenvalue weighted by molar-refractivity contribution is 6.03. The summed E-state index contributed by atoms with van der Waals surface area (Å²) in [5.74, 6) is 1.52. The van der Waals surface area contributed by atoms with Crippen molar-refractivity contribution < 1.29 is 32.6 Å². The number of hydrogen-bond donors (Lipinski definition) is 3. The van der Waals surface area contributed by atoms with Crippen molar-refractivity contribution in [2.24, 2.45) is 18.9 Å². The van der Waals surface area contributed by atoms with Crippen molar-refractivity contribution >= 4 is 56.0 Å². The summed E-state index contributed by atoms with van der Waals surface area (Å²) in [7, 11) is 1.73. The number of nitrogens with one attached hydrogen (secondary N) is 2. The Morgan fingerprint density at radius 1 is 0.855 bits per heavy atom. The molecule has 3 aromatic heterocycles. The Bertz CT molecular complexity index is 3340. The topological polar surface area (TPSA) is 166 Å². The number of aromatic nitrogens is 5. The molecule has 0 aliphatic carbocycles. The number of likely N-dealkylation sites (tertiary alicyclic amines) is 2. The first-order valence-electron chi connectivity index (χ1n) is 27.1. The molecule has 398 valence electrons. The maximum Gasteiger partial charge on any atom is 0.329 e. The first kappa shape index (κ1) is 50.1. The van der Waals surface area contributed by atoms with Crippen molar-refractivity contribution in [3.05, 3.63) is 76.3 Å². The maximum absolute atomic E-state index is 17.0. The molecule has 3 aromatic carbocycles. The number of piperidine rings is 4. The van der Waals surface area contributed by atoms with Gasteiger partial charge in [-0.2, -0.15) is 9.97 Å². The number of ether oxygens (including phenoxy) is 1. The summed E-state index contributed by atoms with van der Waals surface area (Å²) < 4.78 is 58.0. The first-order valence-corrected chi connectivity index (χ1v) is 27.1. The molecule has 6 fully saturated rings. The summed E-state index contributed by atoms with van der Waals surface area (Å²) in [6, 6.07) is 11.3. The summed E-state index contributed by atoms with van der Waals surface area (Å²) in [5.41, 5.74) is 0.963. The Hall–Kier alpha value is -6.75. The number of carbonyl (C=O) groups excluding carboxylic acids is 2. The van der Waals surface area contributed by atoms with Crippen LogP contribution in [0.1, 0.15) is 82.2 Å². The molecule has 6 aliphatic heterocycles. The highest BCUT2D eigenvalue weighted by atomic mass is 19.1. The minimum atomic E-state index is -1.21. The predicted molar refractivity (Wildman–Crippen MR) is 284 cm³/mol. The molecule has 19 heteroatoms. The van der Waals surface area contributed by atoms with Crippen LogP contribution in [0.3, 0.4) is 0 Å². The molecule has 0 radical (unpaired) electrons. The fourth-order valence-electron chi connectivity index (χ4n) is 13.3. The number of phenols is 1. The van der Waals surface area contributed by atoms with Crippen LogP contribution < -0.4 is 30.9 Å². The second-order valence-electron chi connectivity index (χ2n) is 22.3. The van der Waals surface area contributed by atoms with E-state index in [2.05, 4.69) is 46.1 Å². The summed E-state index contributed by atoms with van der Waals surface area (Å²) in [4.78, 5) is 61.0. The number of carbonyl (C=O) groups is 2. The fourth-order valence-corrected chi connectivity index (χ4v) is 13.3. The zero-order valence-electron chi connectivity index (χ0n) is 42.9. The summed E-state index contributed by atoms with van der Waals surface area (Å²) in [6.45, 7) is 8.14. The highest BCUT2D eigenvalue weighted by Crippen LogP contribution is 2.41. The molecule has 16 nitrogen and oxygen atoms in total. The van der Waals surface area contributed by atoms with Gasteiger partial charge in [-0.3, -0.25) is 33.9 Å². The van der Waals surface area contributed by atoms with E-state index >= 15 is 13.2 Å². The quantitative estimate of drug-likeness (QED) is 0.0890. The van der Waals surface area contributed by atoms with Gasteiger partial charge >= 0.3 is 11.7 Å². The van der Waals surface area contributed by atoms with Crippen LogP contribution in [0.4, 0.5) is 24.7 Å². The van der Waals surface area contributed by atoms with Crippen molar-refractivity contribution in [1.29, 1.82) is 0 Å². The summed E-state index contributed by atoms with van der Waals surface area (Å²) in [6.07, 6.45) is 15.5. The summed E-state index contributed by atoms with van der Waals surface area (Å²) >= 11 is 0. The number of anilines is 2. The Morgan fingerprint density at radius 2 is 1.61 bits per heavy atom. The number of nitrogens with zero attached hydrogens (tertiary/aromatic N) is 9. The number of pyridine rings is 1. The molecule has 6 aliphatic rings. The number of benzene rings is 3. The number of phenolic OH excluding ortho intramolecular Hbond substituents is 1. The minimum Gasteiger partial charge on any atom is -0.508 e. The average molecular weight is 1040 g/mol. The van der Waals surface area contributed by atoms with E-state index in [0.717, 1.165) is 82.5 Å². The third-order valence-corrected chi connectivity index (χ3v) is 17.5. The van der Waals surface area contributed by atoms with Crippen molar-refractivity contribution in [3.63, 3.8) is 0 Å². The van der Waals surface area contributed by atoms with Gasteiger partial charge in [0.1, 0.15) is 46.9 Å². The molecule has 3 unspecified atom stereocenters. The van der Waals surface area contributed by atoms with E-state index in [1.54, 1.807) is 11.6 Å².